The molecule has 1 aliphatic heterocycles. The molecule has 0 fully saturated rings. The van der Waals surface area contributed by atoms with Gasteiger partial charge in [-0.15, -0.1) is 12.4 Å². The summed E-state index contributed by atoms with van der Waals surface area (Å²) in [4.78, 5) is 0. The van der Waals surface area contributed by atoms with Crippen molar-refractivity contribution < 1.29 is 9.47 Å². The van der Waals surface area contributed by atoms with Crippen LogP contribution >= 0.6 is 12.4 Å². The Balaban J connectivity index is 0.00000192. The number of ether oxygens (including phenoxy) is 2. The third-order valence-corrected chi connectivity index (χ3v) is 3.56. The van der Waals surface area contributed by atoms with Crippen molar-refractivity contribution in [2.24, 2.45) is 0 Å². The van der Waals surface area contributed by atoms with Crippen molar-refractivity contribution >= 4 is 23.8 Å². The Bertz CT molecular complexity index is 677. The average molecular weight is 334 g/mol. The van der Waals surface area contributed by atoms with Crippen molar-refractivity contribution in [1.82, 2.24) is 5.32 Å². The first-order valence-electron chi connectivity index (χ1n) is 7.12. The highest BCUT2D eigenvalue weighted by Crippen LogP contribution is 2.27. The van der Waals surface area contributed by atoms with Crippen LogP contribution in [0.25, 0.3) is 0 Å². The van der Waals surface area contributed by atoms with Crippen LogP contribution in [0.3, 0.4) is 0 Å². The lowest BCUT2D eigenvalue weighted by molar-refractivity contribution is 0.0725. The Morgan fingerprint density at radius 2 is 1.87 bits per heavy atom. The Morgan fingerprint density at radius 3 is 2.57 bits per heavy atom. The van der Waals surface area contributed by atoms with E-state index in [0.717, 1.165) is 12.0 Å². The summed E-state index contributed by atoms with van der Waals surface area (Å²) in [5.41, 5.74) is 15.6. The van der Waals surface area contributed by atoms with Gasteiger partial charge in [0, 0.05) is 11.4 Å². The zero-order chi connectivity index (χ0) is 15.4. The molecule has 0 radical (unpaired) electrons. The van der Waals surface area contributed by atoms with E-state index in [1.165, 1.54) is 5.56 Å². The van der Waals surface area contributed by atoms with Gasteiger partial charge in [0.1, 0.15) is 6.26 Å². The number of hydrogen-bond donors (Lipinski definition) is 3. The molecule has 5 nitrogen and oxygen atoms in total. The summed E-state index contributed by atoms with van der Waals surface area (Å²) in [5, 5.41) is 3.33. The van der Waals surface area contributed by atoms with Gasteiger partial charge < -0.3 is 26.3 Å². The van der Waals surface area contributed by atoms with Crippen LogP contribution in [-0.4, -0.2) is 6.79 Å². The lowest BCUT2D eigenvalue weighted by Crippen LogP contribution is -2.24. The minimum Gasteiger partial charge on any atom is -0.459 e. The summed E-state index contributed by atoms with van der Waals surface area (Å²) in [6, 6.07) is 15.7. The number of nitrogen functional groups attached to an aromatic ring is 2. The molecule has 2 aromatic rings. The van der Waals surface area contributed by atoms with Gasteiger partial charge in [0.2, 0.25) is 12.7 Å². The fourth-order valence-electron chi connectivity index (χ4n) is 2.47. The number of hydrogen-bond acceptors (Lipinski definition) is 5. The highest BCUT2D eigenvalue weighted by molar-refractivity contribution is 5.85. The predicted octanol–water partition coefficient (Wildman–Crippen LogP) is 2.95. The van der Waals surface area contributed by atoms with E-state index in [9.17, 15) is 0 Å². The van der Waals surface area contributed by atoms with E-state index in [1.54, 1.807) is 12.3 Å². The summed E-state index contributed by atoms with van der Waals surface area (Å²) in [7, 11) is 0. The van der Waals surface area contributed by atoms with Crippen molar-refractivity contribution in [2.75, 3.05) is 18.3 Å². The van der Waals surface area contributed by atoms with Crippen molar-refractivity contribution in [3.05, 3.63) is 71.8 Å². The highest BCUT2D eigenvalue weighted by atomic mass is 35.5. The SMILES string of the molecule is Cl.Nc1ccc(N)c(C(Cc2ccccc2)NC2=COCO2)c1. The number of rotatable bonds is 5. The Labute approximate surface area is 141 Å². The number of benzene rings is 2. The first-order valence-corrected chi connectivity index (χ1v) is 7.12. The van der Waals surface area contributed by atoms with Crippen LogP contribution in [0.2, 0.25) is 0 Å². The standard InChI is InChI=1S/C17H19N3O2.ClH/c18-13-6-7-15(19)14(9-13)16(20-17-10-21-11-22-17)8-12-4-2-1-3-5-12;/h1-7,9-10,16,20H,8,11,18-19H2;1H. The maximum Gasteiger partial charge on any atom is 0.232 e. The number of nitrogens with two attached hydrogens (primary N) is 2. The summed E-state index contributed by atoms with van der Waals surface area (Å²) in [6.07, 6.45) is 2.33. The molecular formula is C17H20ClN3O2. The van der Waals surface area contributed by atoms with Crippen LogP contribution in [0.15, 0.2) is 60.7 Å². The fourth-order valence-corrected chi connectivity index (χ4v) is 2.47. The molecule has 1 atom stereocenters. The van der Waals surface area contributed by atoms with Crippen LogP contribution in [0.4, 0.5) is 11.4 Å². The zero-order valence-corrected chi connectivity index (χ0v) is 13.4. The van der Waals surface area contributed by atoms with Crippen LogP contribution in [-0.2, 0) is 15.9 Å². The van der Waals surface area contributed by atoms with Gasteiger partial charge >= 0.3 is 0 Å². The Morgan fingerprint density at radius 1 is 1.09 bits per heavy atom. The molecule has 6 heteroatoms. The molecule has 5 N–H and O–H groups in total. The first kappa shape index (κ1) is 16.8. The van der Waals surface area contributed by atoms with Crippen molar-refractivity contribution in [3.63, 3.8) is 0 Å². The molecule has 0 amide bonds. The first-order chi connectivity index (χ1) is 10.7. The molecule has 3 rings (SSSR count). The molecule has 0 bridgehead atoms. The van der Waals surface area contributed by atoms with E-state index in [4.69, 9.17) is 20.9 Å². The van der Waals surface area contributed by atoms with Gasteiger partial charge in [-0.25, -0.2) is 0 Å². The molecule has 0 aliphatic carbocycles. The van der Waals surface area contributed by atoms with E-state index in [2.05, 4.69) is 17.4 Å². The fraction of sp³-hybridized carbons (Fsp3) is 0.176. The molecule has 23 heavy (non-hydrogen) atoms. The van der Waals surface area contributed by atoms with Gasteiger partial charge in [-0.1, -0.05) is 30.3 Å². The Hall–Kier alpha value is -2.53. The second-order valence-corrected chi connectivity index (χ2v) is 5.19. The van der Waals surface area contributed by atoms with Crippen LogP contribution in [0, 0.1) is 0 Å². The van der Waals surface area contributed by atoms with Crippen molar-refractivity contribution in [1.29, 1.82) is 0 Å². The van der Waals surface area contributed by atoms with E-state index < -0.39 is 0 Å². The lowest BCUT2D eigenvalue weighted by atomic mass is 9.97. The zero-order valence-electron chi connectivity index (χ0n) is 12.6. The molecule has 1 aliphatic rings. The normalized spacial score (nSPS) is 14.0. The quantitative estimate of drug-likeness (QED) is 0.733. The third-order valence-electron chi connectivity index (χ3n) is 3.56. The molecule has 0 saturated carbocycles. The van der Waals surface area contributed by atoms with Crippen LogP contribution in [0.1, 0.15) is 17.2 Å². The average Bonchev–Trinajstić information content (AvgIpc) is 3.03. The monoisotopic (exact) mass is 333 g/mol. The Kier molecular flexibility index (Phi) is 5.60. The summed E-state index contributed by atoms with van der Waals surface area (Å²) >= 11 is 0. The predicted molar refractivity (Wildman–Crippen MR) is 93.7 cm³/mol. The molecular weight excluding hydrogens is 314 g/mol. The molecule has 0 saturated heterocycles. The molecule has 0 spiro atoms. The van der Waals surface area contributed by atoms with E-state index in [1.807, 2.05) is 30.3 Å². The highest BCUT2D eigenvalue weighted by Gasteiger charge is 2.19. The molecule has 2 aromatic carbocycles. The van der Waals surface area contributed by atoms with Gasteiger partial charge in [-0.05, 0) is 35.7 Å². The molecule has 0 aromatic heterocycles. The second-order valence-electron chi connectivity index (χ2n) is 5.19. The van der Waals surface area contributed by atoms with Gasteiger partial charge in [-0.2, -0.15) is 0 Å². The topological polar surface area (TPSA) is 82.5 Å². The number of nitrogens with one attached hydrogen (secondary N) is 1. The van der Waals surface area contributed by atoms with Gasteiger partial charge in [0.15, 0.2) is 0 Å². The number of halogens is 1. The van der Waals surface area contributed by atoms with Gasteiger partial charge in [0.25, 0.3) is 0 Å². The largest absolute Gasteiger partial charge is 0.459 e. The molecule has 1 heterocycles. The van der Waals surface area contributed by atoms with E-state index in [-0.39, 0.29) is 25.2 Å². The number of anilines is 2. The van der Waals surface area contributed by atoms with Crippen molar-refractivity contribution in [3.8, 4) is 0 Å². The molecule has 1 unspecified atom stereocenters. The third kappa shape index (κ3) is 4.23. The molecule has 122 valence electrons. The summed E-state index contributed by atoms with van der Waals surface area (Å²) in [6.45, 7) is 0.229. The summed E-state index contributed by atoms with van der Waals surface area (Å²) < 4.78 is 10.5. The lowest BCUT2D eigenvalue weighted by Gasteiger charge is -2.22. The van der Waals surface area contributed by atoms with Gasteiger partial charge in [-0.3, -0.25) is 0 Å². The van der Waals surface area contributed by atoms with Crippen LogP contribution in [0.5, 0.6) is 0 Å². The summed E-state index contributed by atoms with van der Waals surface area (Å²) in [5.74, 6) is 0.600. The van der Waals surface area contributed by atoms with Crippen LogP contribution < -0.4 is 16.8 Å². The van der Waals surface area contributed by atoms with Gasteiger partial charge in [0.05, 0.1) is 6.04 Å². The van der Waals surface area contributed by atoms with E-state index >= 15 is 0 Å². The minimum atomic E-state index is -0.0566. The minimum absolute atomic E-state index is 0. The maximum atomic E-state index is 6.13. The van der Waals surface area contributed by atoms with Crippen molar-refractivity contribution in [2.45, 2.75) is 12.5 Å². The van der Waals surface area contributed by atoms with E-state index in [0.29, 0.717) is 17.3 Å². The second kappa shape index (κ2) is 7.65. The smallest absolute Gasteiger partial charge is 0.232 e. The maximum absolute atomic E-state index is 6.13.